The molecule has 118 valence electrons. The monoisotopic (exact) mass is 295 g/mol. The van der Waals surface area contributed by atoms with E-state index >= 15 is 0 Å². The first-order chi connectivity index (χ1) is 9.41. The van der Waals surface area contributed by atoms with E-state index in [4.69, 9.17) is 30.4 Å². The Morgan fingerprint density at radius 2 is 1.75 bits per heavy atom. The summed E-state index contributed by atoms with van der Waals surface area (Å²) in [7, 11) is 0. The average Bonchev–Trinajstić information content (AvgIpc) is 2.76. The molecule has 1 heterocycles. The highest BCUT2D eigenvalue weighted by Gasteiger charge is 2.33. The molecule has 0 saturated carbocycles. The van der Waals surface area contributed by atoms with Crippen LogP contribution in [0.15, 0.2) is 0 Å². The van der Waals surface area contributed by atoms with Crippen molar-refractivity contribution >= 4 is 12.3 Å². The molecule has 6 N–H and O–H groups in total. The zero-order valence-electron chi connectivity index (χ0n) is 10.9. The number of aliphatic carboxylic acids is 1. The Hall–Kier alpha value is -1.10. The topological polar surface area (TPSA) is 157 Å². The molecule has 0 amide bonds. The molecule has 1 aliphatic heterocycles. The minimum absolute atomic E-state index is 0.0809. The van der Waals surface area contributed by atoms with Gasteiger partial charge in [-0.05, 0) is 19.3 Å². The Morgan fingerprint density at radius 3 is 2.30 bits per heavy atom. The number of rotatable bonds is 5. The summed E-state index contributed by atoms with van der Waals surface area (Å²) in [5.74, 6) is -1.76. The summed E-state index contributed by atoms with van der Waals surface area (Å²) in [6.07, 6.45) is -4.60. The van der Waals surface area contributed by atoms with E-state index in [1.54, 1.807) is 0 Å². The van der Waals surface area contributed by atoms with Crippen molar-refractivity contribution in [1.29, 1.82) is 0 Å². The van der Waals surface area contributed by atoms with Crippen molar-refractivity contribution in [2.45, 2.75) is 43.7 Å². The maximum atomic E-state index is 10.1. The first-order valence-electron chi connectivity index (χ1n) is 6.16. The Kier molecular flexibility index (Phi) is 10.1. The van der Waals surface area contributed by atoms with Gasteiger partial charge < -0.3 is 35.2 Å². The van der Waals surface area contributed by atoms with Gasteiger partial charge >= 0.3 is 5.97 Å². The number of carboxylic acids is 1. The van der Waals surface area contributed by atoms with Gasteiger partial charge in [0.05, 0.1) is 6.61 Å². The molecule has 0 aromatic carbocycles. The largest absolute Gasteiger partial charge is 0.479 e. The van der Waals surface area contributed by atoms with E-state index in [0.29, 0.717) is 0 Å². The molecule has 1 fully saturated rings. The molecular weight excluding hydrogens is 274 g/mol. The maximum Gasteiger partial charge on any atom is 0.335 e. The first-order valence-corrected chi connectivity index (χ1v) is 6.16. The van der Waals surface area contributed by atoms with Gasteiger partial charge in [0, 0.05) is 6.54 Å². The second kappa shape index (κ2) is 10.7. The molecule has 0 aromatic rings. The van der Waals surface area contributed by atoms with E-state index < -0.39 is 30.4 Å². The second-order valence-corrected chi connectivity index (χ2v) is 4.19. The fraction of sp³-hybridized carbons (Fsp3) is 0.818. The highest BCUT2D eigenvalue weighted by atomic mass is 16.6. The normalized spacial score (nSPS) is 21.4. The summed E-state index contributed by atoms with van der Waals surface area (Å²) in [6.45, 7) is 1.92. The fourth-order valence-electron chi connectivity index (χ4n) is 1.31. The standard InChI is InChI=1S/C6H10O7.C5H11NO/c7-1-2(8)3(9)4(10)5(11)6(12)13;1-2-4-6-7-5-3-1/h1-5,8-11H,(H,12,13);6H,1-5H2. The lowest BCUT2D eigenvalue weighted by Gasteiger charge is -2.21. The minimum Gasteiger partial charge on any atom is -0.479 e. The average molecular weight is 295 g/mol. The molecule has 9 heteroatoms. The van der Waals surface area contributed by atoms with Crippen LogP contribution in [0.25, 0.3) is 0 Å². The number of nitrogens with one attached hydrogen (secondary N) is 1. The van der Waals surface area contributed by atoms with Crippen LogP contribution in [0.2, 0.25) is 0 Å². The number of hydrogen-bond donors (Lipinski definition) is 6. The number of hydroxylamine groups is 1. The Labute approximate surface area is 115 Å². The number of carbonyl (C=O) groups excluding carboxylic acids is 1. The number of aldehydes is 1. The molecule has 4 unspecified atom stereocenters. The van der Waals surface area contributed by atoms with Crippen molar-refractivity contribution in [2.75, 3.05) is 13.2 Å². The molecule has 0 radical (unpaired) electrons. The van der Waals surface area contributed by atoms with E-state index in [-0.39, 0.29) is 6.29 Å². The lowest BCUT2D eigenvalue weighted by molar-refractivity contribution is -0.163. The van der Waals surface area contributed by atoms with E-state index in [0.717, 1.165) is 13.2 Å². The van der Waals surface area contributed by atoms with Crippen molar-refractivity contribution in [2.24, 2.45) is 0 Å². The zero-order chi connectivity index (χ0) is 15.5. The molecule has 1 rings (SSSR count). The van der Waals surface area contributed by atoms with E-state index in [1.165, 1.54) is 19.3 Å². The van der Waals surface area contributed by atoms with Crippen LogP contribution in [-0.2, 0) is 14.4 Å². The summed E-state index contributed by atoms with van der Waals surface area (Å²) in [5.41, 5.74) is 2.85. The van der Waals surface area contributed by atoms with Crippen LogP contribution in [0, 0.1) is 0 Å². The van der Waals surface area contributed by atoms with Crippen LogP contribution in [0.1, 0.15) is 19.3 Å². The molecule has 0 spiro atoms. The van der Waals surface area contributed by atoms with Gasteiger partial charge in [-0.3, -0.25) is 0 Å². The Bertz CT molecular complexity index is 268. The van der Waals surface area contributed by atoms with Crippen LogP contribution in [0.4, 0.5) is 0 Å². The van der Waals surface area contributed by atoms with Gasteiger partial charge in [0.1, 0.15) is 18.3 Å². The predicted octanol–water partition coefficient (Wildman–Crippen LogP) is -2.59. The van der Waals surface area contributed by atoms with Gasteiger partial charge in [-0.1, -0.05) is 0 Å². The smallest absolute Gasteiger partial charge is 0.335 e. The molecule has 4 atom stereocenters. The quantitative estimate of drug-likeness (QED) is 0.299. The molecular formula is C11H21NO8. The molecule has 1 saturated heterocycles. The summed E-state index contributed by atoms with van der Waals surface area (Å²) in [6, 6.07) is 0. The molecule has 1 aliphatic rings. The number of hydrogen-bond acceptors (Lipinski definition) is 8. The SMILES string of the molecule is C1CCNOCC1.O=CC(O)C(O)C(O)C(O)C(=O)O. The van der Waals surface area contributed by atoms with Crippen LogP contribution in [0.5, 0.6) is 0 Å². The summed E-state index contributed by atoms with van der Waals surface area (Å²) >= 11 is 0. The lowest BCUT2D eigenvalue weighted by atomic mass is 10.0. The van der Waals surface area contributed by atoms with Gasteiger partial charge in [-0.15, -0.1) is 0 Å². The van der Waals surface area contributed by atoms with Crippen molar-refractivity contribution in [1.82, 2.24) is 5.48 Å². The van der Waals surface area contributed by atoms with Crippen molar-refractivity contribution in [3.8, 4) is 0 Å². The Morgan fingerprint density at radius 1 is 1.10 bits per heavy atom. The van der Waals surface area contributed by atoms with Crippen LogP contribution < -0.4 is 5.48 Å². The van der Waals surface area contributed by atoms with Crippen LogP contribution in [-0.4, -0.2) is 75.4 Å². The third kappa shape index (κ3) is 7.48. The Balaban J connectivity index is 0.000000428. The van der Waals surface area contributed by atoms with Gasteiger partial charge in [0.15, 0.2) is 12.4 Å². The van der Waals surface area contributed by atoms with Gasteiger partial charge in [-0.2, -0.15) is 0 Å². The minimum atomic E-state index is -2.25. The maximum absolute atomic E-state index is 10.1. The van der Waals surface area contributed by atoms with Crippen molar-refractivity contribution in [3.63, 3.8) is 0 Å². The molecule has 0 aromatic heterocycles. The third-order valence-corrected chi connectivity index (χ3v) is 2.54. The highest BCUT2D eigenvalue weighted by molar-refractivity contribution is 5.73. The van der Waals surface area contributed by atoms with E-state index in [9.17, 15) is 9.59 Å². The third-order valence-electron chi connectivity index (χ3n) is 2.54. The highest BCUT2D eigenvalue weighted by Crippen LogP contribution is 2.03. The van der Waals surface area contributed by atoms with Crippen LogP contribution in [0.3, 0.4) is 0 Å². The predicted molar refractivity (Wildman–Crippen MR) is 65.5 cm³/mol. The van der Waals surface area contributed by atoms with Gasteiger partial charge in [0.2, 0.25) is 0 Å². The van der Waals surface area contributed by atoms with Gasteiger partial charge in [0.25, 0.3) is 0 Å². The zero-order valence-corrected chi connectivity index (χ0v) is 10.9. The summed E-state index contributed by atoms with van der Waals surface area (Å²) in [5, 5.41) is 43.2. The molecule has 0 aliphatic carbocycles. The molecule has 0 bridgehead atoms. The number of aliphatic hydroxyl groups is 4. The van der Waals surface area contributed by atoms with Gasteiger partial charge in [-0.25, -0.2) is 10.3 Å². The second-order valence-electron chi connectivity index (χ2n) is 4.19. The molecule has 9 nitrogen and oxygen atoms in total. The fourth-order valence-corrected chi connectivity index (χ4v) is 1.31. The number of carboxylic acid groups (broad SMARTS) is 1. The lowest BCUT2D eigenvalue weighted by Crippen LogP contribution is -2.48. The molecule has 20 heavy (non-hydrogen) atoms. The number of aliphatic hydroxyl groups excluding tert-OH is 4. The summed E-state index contributed by atoms with van der Waals surface area (Å²) in [4.78, 5) is 24.9. The number of carbonyl (C=O) groups is 2. The summed E-state index contributed by atoms with van der Waals surface area (Å²) < 4.78 is 0. The first kappa shape index (κ1) is 18.9. The van der Waals surface area contributed by atoms with E-state index in [2.05, 4.69) is 5.48 Å². The van der Waals surface area contributed by atoms with Crippen LogP contribution >= 0.6 is 0 Å². The van der Waals surface area contributed by atoms with Crippen molar-refractivity contribution < 1.29 is 40.0 Å². The van der Waals surface area contributed by atoms with E-state index in [1.807, 2.05) is 0 Å². The van der Waals surface area contributed by atoms with Crippen molar-refractivity contribution in [3.05, 3.63) is 0 Å².